The van der Waals surface area contributed by atoms with Gasteiger partial charge in [0.2, 0.25) is 0 Å². The standard InChI is InChI=1S/C14H21N3O/c1-3-17-9-8-14(2,13(17)10-18)11-4-6-12(16-15)7-5-11/h4-7,10,13,16H,3,8-9,15H2,1-2H3. The number of hydrogen-bond acceptors (Lipinski definition) is 4. The largest absolute Gasteiger partial charge is 0.324 e. The molecule has 1 aliphatic rings. The molecule has 0 aliphatic carbocycles. The van der Waals surface area contributed by atoms with Crippen LogP contribution in [0.2, 0.25) is 0 Å². The average Bonchev–Trinajstić information content (AvgIpc) is 2.76. The van der Waals surface area contributed by atoms with E-state index in [1.54, 1.807) is 0 Å². The van der Waals surface area contributed by atoms with Crippen LogP contribution in [0.4, 0.5) is 5.69 Å². The number of rotatable bonds is 4. The summed E-state index contributed by atoms with van der Waals surface area (Å²) in [6.45, 7) is 6.17. The highest BCUT2D eigenvalue weighted by Gasteiger charge is 2.44. The number of nitrogens with one attached hydrogen (secondary N) is 1. The van der Waals surface area contributed by atoms with E-state index in [0.717, 1.165) is 31.5 Å². The Hall–Kier alpha value is -1.39. The van der Waals surface area contributed by atoms with Gasteiger partial charge in [-0.2, -0.15) is 0 Å². The minimum atomic E-state index is -0.0924. The van der Waals surface area contributed by atoms with Crippen LogP contribution in [0, 0.1) is 0 Å². The summed E-state index contributed by atoms with van der Waals surface area (Å²) in [5.41, 5.74) is 4.62. The summed E-state index contributed by atoms with van der Waals surface area (Å²) in [6.07, 6.45) is 2.10. The first-order valence-electron chi connectivity index (χ1n) is 6.42. The number of hydrazine groups is 1. The first-order chi connectivity index (χ1) is 8.65. The van der Waals surface area contributed by atoms with Gasteiger partial charge in [-0.3, -0.25) is 10.7 Å². The van der Waals surface area contributed by atoms with Crippen molar-refractivity contribution in [1.29, 1.82) is 0 Å². The Balaban J connectivity index is 2.32. The SMILES string of the molecule is CCN1CCC(C)(c2ccc(NN)cc2)C1C=O. The van der Waals surface area contributed by atoms with Gasteiger partial charge in [-0.15, -0.1) is 0 Å². The van der Waals surface area contributed by atoms with Crippen molar-refractivity contribution >= 4 is 12.0 Å². The van der Waals surface area contributed by atoms with E-state index in [4.69, 9.17) is 5.84 Å². The number of anilines is 1. The molecule has 2 rings (SSSR count). The summed E-state index contributed by atoms with van der Waals surface area (Å²) < 4.78 is 0. The summed E-state index contributed by atoms with van der Waals surface area (Å²) >= 11 is 0. The van der Waals surface area contributed by atoms with Crippen LogP contribution in [0.5, 0.6) is 0 Å². The molecule has 1 aromatic rings. The number of nitrogen functional groups attached to an aromatic ring is 1. The number of carbonyl (C=O) groups is 1. The van der Waals surface area contributed by atoms with Crippen molar-refractivity contribution in [1.82, 2.24) is 4.90 Å². The summed E-state index contributed by atoms with van der Waals surface area (Å²) in [7, 11) is 0. The zero-order valence-corrected chi connectivity index (χ0v) is 11.0. The Kier molecular flexibility index (Phi) is 3.68. The van der Waals surface area contributed by atoms with E-state index in [1.807, 2.05) is 12.1 Å². The normalized spacial score (nSPS) is 28.3. The van der Waals surface area contributed by atoms with Gasteiger partial charge in [0.15, 0.2) is 0 Å². The number of nitrogens with zero attached hydrogens (tertiary/aromatic N) is 1. The van der Waals surface area contributed by atoms with Crippen LogP contribution in [-0.4, -0.2) is 30.3 Å². The molecule has 2 atom stereocenters. The van der Waals surface area contributed by atoms with Gasteiger partial charge in [0.05, 0.1) is 6.04 Å². The fourth-order valence-electron chi connectivity index (χ4n) is 2.92. The lowest BCUT2D eigenvalue weighted by Crippen LogP contribution is -2.41. The fourth-order valence-corrected chi connectivity index (χ4v) is 2.92. The quantitative estimate of drug-likeness (QED) is 0.481. The van der Waals surface area contributed by atoms with Gasteiger partial charge in [-0.05, 0) is 37.2 Å². The summed E-state index contributed by atoms with van der Waals surface area (Å²) in [4.78, 5) is 13.7. The Morgan fingerprint density at radius 1 is 1.50 bits per heavy atom. The third kappa shape index (κ3) is 2.02. The third-order valence-electron chi connectivity index (χ3n) is 4.21. The molecule has 2 unspecified atom stereocenters. The Morgan fingerprint density at radius 3 is 2.67 bits per heavy atom. The molecular weight excluding hydrogens is 226 g/mol. The first-order valence-corrected chi connectivity index (χ1v) is 6.42. The van der Waals surface area contributed by atoms with Gasteiger partial charge >= 0.3 is 0 Å². The minimum Gasteiger partial charge on any atom is -0.324 e. The molecule has 98 valence electrons. The maximum Gasteiger partial charge on any atom is 0.138 e. The van der Waals surface area contributed by atoms with Crippen molar-refractivity contribution in [3.05, 3.63) is 29.8 Å². The number of likely N-dealkylation sites (tertiary alicyclic amines) is 1. The highest BCUT2D eigenvalue weighted by molar-refractivity contribution is 5.63. The van der Waals surface area contributed by atoms with Crippen molar-refractivity contribution in [2.75, 3.05) is 18.5 Å². The fraction of sp³-hybridized carbons (Fsp3) is 0.500. The van der Waals surface area contributed by atoms with Crippen LogP contribution in [0.15, 0.2) is 24.3 Å². The molecule has 0 amide bonds. The van der Waals surface area contributed by atoms with Crippen LogP contribution in [-0.2, 0) is 10.2 Å². The monoisotopic (exact) mass is 247 g/mol. The number of nitrogens with two attached hydrogens (primary N) is 1. The molecule has 0 radical (unpaired) electrons. The van der Waals surface area contributed by atoms with E-state index in [1.165, 1.54) is 5.56 Å². The van der Waals surface area contributed by atoms with Gasteiger partial charge in [0.25, 0.3) is 0 Å². The maximum atomic E-state index is 11.4. The number of likely N-dealkylation sites (N-methyl/N-ethyl adjacent to an activating group) is 1. The van der Waals surface area contributed by atoms with Crippen LogP contribution in [0.1, 0.15) is 25.8 Å². The van der Waals surface area contributed by atoms with Crippen LogP contribution in [0.3, 0.4) is 0 Å². The minimum absolute atomic E-state index is 0.0285. The summed E-state index contributed by atoms with van der Waals surface area (Å²) in [5, 5.41) is 0. The second kappa shape index (κ2) is 5.08. The average molecular weight is 247 g/mol. The van der Waals surface area contributed by atoms with Gasteiger partial charge < -0.3 is 10.2 Å². The molecule has 0 spiro atoms. The lowest BCUT2D eigenvalue weighted by atomic mass is 9.76. The number of carbonyl (C=O) groups excluding carboxylic acids is 1. The van der Waals surface area contributed by atoms with E-state index in [0.29, 0.717) is 0 Å². The number of hydrogen-bond donors (Lipinski definition) is 2. The second-order valence-corrected chi connectivity index (χ2v) is 5.10. The van der Waals surface area contributed by atoms with E-state index < -0.39 is 0 Å². The maximum absolute atomic E-state index is 11.4. The Morgan fingerprint density at radius 2 is 2.17 bits per heavy atom. The van der Waals surface area contributed by atoms with E-state index in [2.05, 4.69) is 36.3 Å². The lowest BCUT2D eigenvalue weighted by Gasteiger charge is -2.31. The molecule has 3 N–H and O–H groups in total. The summed E-state index contributed by atoms with van der Waals surface area (Å²) in [5.74, 6) is 5.37. The topological polar surface area (TPSA) is 58.4 Å². The highest BCUT2D eigenvalue weighted by Crippen LogP contribution is 2.39. The molecule has 4 nitrogen and oxygen atoms in total. The molecule has 18 heavy (non-hydrogen) atoms. The Bertz CT molecular complexity index is 418. The van der Waals surface area contributed by atoms with Crippen LogP contribution in [0.25, 0.3) is 0 Å². The smallest absolute Gasteiger partial charge is 0.138 e. The lowest BCUT2D eigenvalue weighted by molar-refractivity contribution is -0.112. The van der Waals surface area contributed by atoms with Crippen LogP contribution < -0.4 is 11.3 Å². The summed E-state index contributed by atoms with van der Waals surface area (Å²) in [6, 6.07) is 8.00. The molecule has 1 heterocycles. The van der Waals surface area contributed by atoms with Crippen molar-refractivity contribution in [2.45, 2.75) is 31.7 Å². The van der Waals surface area contributed by atoms with E-state index >= 15 is 0 Å². The molecule has 1 saturated heterocycles. The predicted molar refractivity (Wildman–Crippen MR) is 73.3 cm³/mol. The zero-order chi connectivity index (χ0) is 13.2. The molecule has 1 aromatic carbocycles. The molecule has 0 bridgehead atoms. The number of aldehydes is 1. The van der Waals surface area contributed by atoms with Crippen LogP contribution >= 0.6 is 0 Å². The first kappa shape index (κ1) is 13.1. The predicted octanol–water partition coefficient (Wildman–Crippen LogP) is 1.52. The van der Waals surface area contributed by atoms with Gasteiger partial charge in [0, 0.05) is 11.1 Å². The molecule has 1 aliphatic heterocycles. The Labute approximate surface area is 108 Å². The molecule has 0 aromatic heterocycles. The van der Waals surface area contributed by atoms with Gasteiger partial charge in [-0.25, -0.2) is 0 Å². The second-order valence-electron chi connectivity index (χ2n) is 5.10. The van der Waals surface area contributed by atoms with Gasteiger partial charge in [-0.1, -0.05) is 26.0 Å². The van der Waals surface area contributed by atoms with Gasteiger partial charge in [0.1, 0.15) is 6.29 Å². The molecular formula is C14H21N3O. The number of benzene rings is 1. The highest BCUT2D eigenvalue weighted by atomic mass is 16.1. The van der Waals surface area contributed by atoms with Crippen molar-refractivity contribution in [3.8, 4) is 0 Å². The van der Waals surface area contributed by atoms with E-state index in [-0.39, 0.29) is 11.5 Å². The molecule has 0 saturated carbocycles. The third-order valence-corrected chi connectivity index (χ3v) is 4.21. The van der Waals surface area contributed by atoms with Crippen molar-refractivity contribution in [3.63, 3.8) is 0 Å². The van der Waals surface area contributed by atoms with E-state index in [9.17, 15) is 4.79 Å². The zero-order valence-electron chi connectivity index (χ0n) is 11.0. The molecule has 4 heteroatoms. The van der Waals surface area contributed by atoms with Crippen molar-refractivity contribution < 1.29 is 4.79 Å². The van der Waals surface area contributed by atoms with Crippen molar-refractivity contribution in [2.24, 2.45) is 5.84 Å². The molecule has 1 fully saturated rings.